The third-order valence-corrected chi connectivity index (χ3v) is 4.15. The molecule has 1 aromatic heterocycles. The van der Waals surface area contributed by atoms with Gasteiger partial charge >= 0.3 is 0 Å². The summed E-state index contributed by atoms with van der Waals surface area (Å²) in [7, 11) is 0. The number of rotatable bonds is 8. The molecular formula is C16H29N3O2. The lowest BCUT2D eigenvalue weighted by Gasteiger charge is -2.23. The van der Waals surface area contributed by atoms with Crippen molar-refractivity contribution in [2.24, 2.45) is 0 Å². The van der Waals surface area contributed by atoms with Crippen molar-refractivity contribution in [1.82, 2.24) is 15.5 Å². The molecule has 5 heteroatoms. The minimum absolute atomic E-state index is 0.368. The van der Waals surface area contributed by atoms with E-state index < -0.39 is 0 Å². The minimum atomic E-state index is 0.368. The quantitative estimate of drug-likeness (QED) is 0.590. The molecule has 0 aliphatic heterocycles. The fourth-order valence-corrected chi connectivity index (χ4v) is 3.00. The van der Waals surface area contributed by atoms with E-state index >= 15 is 0 Å². The summed E-state index contributed by atoms with van der Waals surface area (Å²) in [6, 6.07) is 0.479. The third kappa shape index (κ3) is 5.08. The van der Waals surface area contributed by atoms with E-state index in [4.69, 9.17) is 9.26 Å². The lowest BCUT2D eigenvalue weighted by Crippen LogP contribution is -2.35. The predicted molar refractivity (Wildman–Crippen MR) is 82.4 cm³/mol. The summed E-state index contributed by atoms with van der Waals surface area (Å²) in [6.07, 6.45) is 8.11. The van der Waals surface area contributed by atoms with Gasteiger partial charge in [0, 0.05) is 19.1 Å². The molecule has 2 rings (SSSR count). The first kappa shape index (κ1) is 16.4. The molecule has 1 aromatic rings. The van der Waals surface area contributed by atoms with E-state index in [0.29, 0.717) is 18.6 Å². The second kappa shape index (κ2) is 9.15. The molecule has 21 heavy (non-hydrogen) atoms. The fourth-order valence-electron chi connectivity index (χ4n) is 3.00. The van der Waals surface area contributed by atoms with Crippen LogP contribution in [0, 0.1) is 0 Å². The Morgan fingerprint density at radius 2 is 2.10 bits per heavy atom. The minimum Gasteiger partial charge on any atom is -0.381 e. The van der Waals surface area contributed by atoms with Crippen LogP contribution in [-0.4, -0.2) is 35.9 Å². The summed E-state index contributed by atoms with van der Waals surface area (Å²) in [5.41, 5.74) is 0. The first-order chi connectivity index (χ1) is 10.3. The van der Waals surface area contributed by atoms with Gasteiger partial charge in [-0.05, 0) is 32.7 Å². The maximum atomic E-state index is 5.54. The van der Waals surface area contributed by atoms with Gasteiger partial charge in [-0.3, -0.25) is 0 Å². The van der Waals surface area contributed by atoms with Crippen LogP contribution in [0.3, 0.4) is 0 Å². The second-order valence-corrected chi connectivity index (χ2v) is 5.80. The molecule has 1 N–H and O–H groups in total. The molecule has 2 unspecified atom stereocenters. The largest absolute Gasteiger partial charge is 0.381 e. The zero-order chi connectivity index (χ0) is 14.9. The highest BCUT2D eigenvalue weighted by Gasteiger charge is 2.29. The number of aromatic nitrogens is 2. The van der Waals surface area contributed by atoms with Gasteiger partial charge in [-0.25, -0.2) is 0 Å². The molecule has 120 valence electrons. The van der Waals surface area contributed by atoms with Crippen molar-refractivity contribution in [3.8, 4) is 0 Å². The van der Waals surface area contributed by atoms with Crippen LogP contribution in [0.1, 0.15) is 70.0 Å². The van der Waals surface area contributed by atoms with Crippen LogP contribution in [0.5, 0.6) is 0 Å². The van der Waals surface area contributed by atoms with Crippen LogP contribution >= 0.6 is 0 Å². The van der Waals surface area contributed by atoms with Crippen LogP contribution in [0.25, 0.3) is 0 Å². The van der Waals surface area contributed by atoms with E-state index in [-0.39, 0.29) is 0 Å². The molecule has 0 spiro atoms. The van der Waals surface area contributed by atoms with Crippen LogP contribution in [0.2, 0.25) is 0 Å². The summed E-state index contributed by atoms with van der Waals surface area (Å²) in [5.74, 6) is 1.96. The zero-order valence-electron chi connectivity index (χ0n) is 13.4. The van der Waals surface area contributed by atoms with Gasteiger partial charge < -0.3 is 14.6 Å². The van der Waals surface area contributed by atoms with Crippen LogP contribution in [-0.2, 0) is 11.2 Å². The molecule has 2 atom stereocenters. The van der Waals surface area contributed by atoms with E-state index in [0.717, 1.165) is 44.1 Å². The number of hydrogen-bond donors (Lipinski definition) is 1. The number of nitrogens with zero attached hydrogens (tertiary/aromatic N) is 2. The van der Waals surface area contributed by atoms with E-state index in [2.05, 4.69) is 22.4 Å². The van der Waals surface area contributed by atoms with Gasteiger partial charge in [0.25, 0.3) is 0 Å². The van der Waals surface area contributed by atoms with E-state index in [9.17, 15) is 0 Å². The molecule has 1 aliphatic rings. The Morgan fingerprint density at radius 1 is 1.24 bits per heavy atom. The zero-order valence-corrected chi connectivity index (χ0v) is 13.4. The monoisotopic (exact) mass is 295 g/mol. The van der Waals surface area contributed by atoms with Crippen molar-refractivity contribution in [1.29, 1.82) is 0 Å². The third-order valence-electron chi connectivity index (χ3n) is 4.15. The summed E-state index contributed by atoms with van der Waals surface area (Å²) >= 11 is 0. The van der Waals surface area contributed by atoms with Gasteiger partial charge in [-0.15, -0.1) is 0 Å². The summed E-state index contributed by atoms with van der Waals surface area (Å²) < 4.78 is 10.9. The number of ether oxygens (including phenoxy) is 1. The van der Waals surface area contributed by atoms with Crippen molar-refractivity contribution < 1.29 is 9.26 Å². The Kier molecular flexibility index (Phi) is 7.16. The molecule has 5 nitrogen and oxygen atoms in total. The standard InChI is InChI=1S/C16H29N3O2/c1-3-11-17-14-9-7-5-6-8-13(14)16-18-15(19-21-16)10-12-20-4-2/h13-14,17H,3-12H2,1-2H3. The number of nitrogens with one attached hydrogen (secondary N) is 1. The average molecular weight is 295 g/mol. The van der Waals surface area contributed by atoms with Gasteiger partial charge in [0.1, 0.15) is 0 Å². The highest BCUT2D eigenvalue weighted by atomic mass is 16.5. The van der Waals surface area contributed by atoms with Crippen LogP contribution in [0.4, 0.5) is 0 Å². The molecular weight excluding hydrogens is 266 g/mol. The van der Waals surface area contributed by atoms with E-state index in [1.165, 1.54) is 25.7 Å². The molecule has 0 radical (unpaired) electrons. The molecule has 1 heterocycles. The SMILES string of the molecule is CCCNC1CCCCCC1c1nc(CCOCC)no1. The maximum Gasteiger partial charge on any atom is 0.231 e. The van der Waals surface area contributed by atoms with Crippen molar-refractivity contribution in [3.63, 3.8) is 0 Å². The Morgan fingerprint density at radius 3 is 2.90 bits per heavy atom. The molecule has 0 saturated heterocycles. The Bertz CT molecular complexity index is 395. The van der Waals surface area contributed by atoms with Crippen molar-refractivity contribution in [2.45, 2.75) is 70.8 Å². The normalized spacial score (nSPS) is 23.1. The first-order valence-electron chi connectivity index (χ1n) is 8.48. The Labute approximate surface area is 127 Å². The van der Waals surface area contributed by atoms with Crippen molar-refractivity contribution >= 4 is 0 Å². The molecule has 0 bridgehead atoms. The topological polar surface area (TPSA) is 60.2 Å². The highest BCUT2D eigenvalue weighted by Crippen LogP contribution is 2.31. The molecule has 1 aliphatic carbocycles. The van der Waals surface area contributed by atoms with E-state index in [1.807, 2.05) is 6.92 Å². The predicted octanol–water partition coefficient (Wildman–Crippen LogP) is 3.06. The highest BCUT2D eigenvalue weighted by molar-refractivity contribution is 5.01. The first-order valence-corrected chi connectivity index (χ1v) is 8.48. The van der Waals surface area contributed by atoms with Gasteiger partial charge in [-0.1, -0.05) is 31.3 Å². The smallest absolute Gasteiger partial charge is 0.231 e. The second-order valence-electron chi connectivity index (χ2n) is 5.80. The molecule has 1 saturated carbocycles. The molecule has 0 aromatic carbocycles. The van der Waals surface area contributed by atoms with Gasteiger partial charge in [-0.2, -0.15) is 4.98 Å². The molecule has 1 fully saturated rings. The lowest BCUT2D eigenvalue weighted by atomic mass is 9.94. The van der Waals surface area contributed by atoms with Crippen LogP contribution in [0.15, 0.2) is 4.52 Å². The fraction of sp³-hybridized carbons (Fsp3) is 0.875. The lowest BCUT2D eigenvalue weighted by molar-refractivity contribution is 0.149. The molecule has 0 amide bonds. The van der Waals surface area contributed by atoms with Crippen molar-refractivity contribution in [3.05, 3.63) is 11.7 Å². The Balaban J connectivity index is 1.98. The van der Waals surface area contributed by atoms with Gasteiger partial charge in [0.2, 0.25) is 5.89 Å². The summed E-state index contributed by atoms with van der Waals surface area (Å²) in [6.45, 7) is 6.66. The maximum absolute atomic E-state index is 5.54. The van der Waals surface area contributed by atoms with Crippen molar-refractivity contribution in [2.75, 3.05) is 19.8 Å². The van der Waals surface area contributed by atoms with Crippen LogP contribution < -0.4 is 5.32 Å². The summed E-state index contributed by atoms with van der Waals surface area (Å²) in [4.78, 5) is 4.61. The summed E-state index contributed by atoms with van der Waals surface area (Å²) in [5, 5.41) is 7.78. The average Bonchev–Trinajstić information content (AvgIpc) is 2.83. The number of hydrogen-bond acceptors (Lipinski definition) is 5. The Hall–Kier alpha value is -0.940. The van der Waals surface area contributed by atoms with Gasteiger partial charge in [0.15, 0.2) is 5.82 Å². The van der Waals surface area contributed by atoms with Gasteiger partial charge in [0.05, 0.1) is 12.5 Å². The van der Waals surface area contributed by atoms with E-state index in [1.54, 1.807) is 0 Å².